The van der Waals surface area contributed by atoms with Gasteiger partial charge in [0.2, 0.25) is 0 Å². The molecule has 0 heterocycles. The van der Waals surface area contributed by atoms with Crippen LogP contribution in [-0.4, -0.2) is 72.4 Å². The molecule has 120 valence electrons. The lowest BCUT2D eigenvalue weighted by atomic mass is 10.1. The molecule has 0 bridgehead atoms. The fourth-order valence-electron chi connectivity index (χ4n) is 0.970. The molecule has 0 spiro atoms. The zero-order valence-electron chi connectivity index (χ0n) is 9.71. The van der Waals surface area contributed by atoms with Gasteiger partial charge in [-0.15, -0.1) is 0 Å². The Morgan fingerprint density at radius 3 is 1.90 bits per heavy atom. The molecule has 1 unspecified atom stereocenters. The zero-order chi connectivity index (χ0) is 16.1. The largest absolute Gasteiger partial charge is 0.481 e. The van der Waals surface area contributed by atoms with Gasteiger partial charge >= 0.3 is 15.6 Å². The molecule has 0 aliphatic heterocycles. The SMILES string of the molecule is O=C([C@@H](CO)OP(=O)(O)OP(=O)(O)O)[C@H](O)[C@@H](O)CO. The summed E-state index contributed by atoms with van der Waals surface area (Å²) in [7, 11) is -10.8. The van der Waals surface area contributed by atoms with E-state index in [1.54, 1.807) is 0 Å². The summed E-state index contributed by atoms with van der Waals surface area (Å²) in [6.45, 7) is -2.29. The average Bonchev–Trinajstić information content (AvgIpc) is 2.30. The Morgan fingerprint density at radius 1 is 1.05 bits per heavy atom. The molecule has 0 saturated heterocycles. The maximum Gasteiger partial charge on any atom is 0.481 e. The van der Waals surface area contributed by atoms with Gasteiger partial charge < -0.3 is 35.1 Å². The molecule has 0 aromatic carbocycles. The number of hydrogen-bond acceptors (Lipinski definition) is 9. The first kappa shape index (κ1) is 19.8. The minimum absolute atomic E-state index is 1.03. The molecule has 4 atom stereocenters. The first-order chi connectivity index (χ1) is 8.93. The van der Waals surface area contributed by atoms with Crippen LogP contribution in [-0.2, 0) is 22.8 Å². The summed E-state index contributed by atoms with van der Waals surface area (Å²) >= 11 is 0. The zero-order valence-corrected chi connectivity index (χ0v) is 11.5. The first-order valence-electron chi connectivity index (χ1n) is 4.83. The molecule has 0 aromatic rings. The van der Waals surface area contributed by atoms with Gasteiger partial charge in [0.25, 0.3) is 0 Å². The number of aliphatic hydroxyl groups excluding tert-OH is 4. The lowest BCUT2D eigenvalue weighted by Crippen LogP contribution is -2.44. The summed E-state index contributed by atoms with van der Waals surface area (Å²) < 4.78 is 28.9. The van der Waals surface area contributed by atoms with Crippen LogP contribution in [0.1, 0.15) is 0 Å². The Balaban J connectivity index is 4.90. The van der Waals surface area contributed by atoms with Gasteiger partial charge in [-0.1, -0.05) is 0 Å². The Hall–Kier alpha value is -0.230. The summed E-state index contributed by atoms with van der Waals surface area (Å²) in [6, 6.07) is 0. The van der Waals surface area contributed by atoms with Crippen molar-refractivity contribution in [1.29, 1.82) is 0 Å². The molecule has 20 heavy (non-hydrogen) atoms. The monoisotopic (exact) mass is 340 g/mol. The second-order valence-electron chi connectivity index (χ2n) is 3.41. The number of carbonyl (C=O) groups is 1. The first-order valence-corrected chi connectivity index (χ1v) is 7.85. The number of Topliss-reactive ketones (excluding diaryl/α,β-unsaturated/α-hetero) is 1. The third kappa shape index (κ3) is 6.97. The molecular weight excluding hydrogens is 326 g/mol. The highest BCUT2D eigenvalue weighted by molar-refractivity contribution is 7.60. The van der Waals surface area contributed by atoms with Crippen LogP contribution >= 0.6 is 15.6 Å². The van der Waals surface area contributed by atoms with Crippen LogP contribution in [0.25, 0.3) is 0 Å². The minimum Gasteiger partial charge on any atom is -0.394 e. The fraction of sp³-hybridized carbons (Fsp3) is 0.833. The summed E-state index contributed by atoms with van der Waals surface area (Å²) in [5.41, 5.74) is 0. The lowest BCUT2D eigenvalue weighted by Gasteiger charge is -2.22. The minimum atomic E-state index is -5.42. The van der Waals surface area contributed by atoms with E-state index >= 15 is 0 Å². The molecular formula is C6H14O12P2. The number of hydrogen-bond donors (Lipinski definition) is 7. The quantitative estimate of drug-likeness (QED) is 0.207. The van der Waals surface area contributed by atoms with Crippen molar-refractivity contribution in [3.8, 4) is 0 Å². The third-order valence-electron chi connectivity index (χ3n) is 1.80. The van der Waals surface area contributed by atoms with E-state index in [0.717, 1.165) is 0 Å². The number of carbonyl (C=O) groups excluding carboxylic acids is 1. The van der Waals surface area contributed by atoms with Gasteiger partial charge in [-0.2, -0.15) is 4.31 Å². The number of ketones is 1. The van der Waals surface area contributed by atoms with E-state index in [4.69, 9.17) is 30.0 Å². The van der Waals surface area contributed by atoms with Gasteiger partial charge in [-0.3, -0.25) is 9.32 Å². The molecule has 0 aromatic heterocycles. The van der Waals surface area contributed by atoms with Crippen LogP contribution < -0.4 is 0 Å². The highest BCUT2D eigenvalue weighted by Crippen LogP contribution is 2.58. The maximum absolute atomic E-state index is 11.4. The Bertz CT molecular complexity index is 416. The number of aliphatic hydroxyl groups is 4. The summed E-state index contributed by atoms with van der Waals surface area (Å²) in [6.07, 6.45) is -6.42. The van der Waals surface area contributed by atoms with Crippen molar-refractivity contribution in [2.24, 2.45) is 0 Å². The highest BCUT2D eigenvalue weighted by atomic mass is 31.3. The average molecular weight is 340 g/mol. The van der Waals surface area contributed by atoms with Crippen molar-refractivity contribution >= 4 is 21.4 Å². The lowest BCUT2D eigenvalue weighted by molar-refractivity contribution is -0.144. The summed E-state index contributed by atoms with van der Waals surface area (Å²) in [5.74, 6) is -1.50. The topological polar surface area (TPSA) is 211 Å². The van der Waals surface area contributed by atoms with Crippen LogP contribution in [0.3, 0.4) is 0 Å². The predicted octanol–water partition coefficient (Wildman–Crippen LogP) is -3.14. The molecule has 0 rings (SSSR count). The van der Waals surface area contributed by atoms with Crippen LogP contribution in [0.2, 0.25) is 0 Å². The number of phosphoric acid groups is 2. The standard InChI is InChI=1S/C6H14O12P2/c7-1-3(9)5(10)6(11)4(2-8)17-20(15,16)18-19(12,13)14/h3-5,7-10H,1-2H2,(H,15,16)(H2,12,13,14)/t3-,4+,5+/m0/s1. The van der Waals surface area contributed by atoms with Crippen molar-refractivity contribution in [2.45, 2.75) is 18.3 Å². The van der Waals surface area contributed by atoms with E-state index < -0.39 is 53.0 Å². The van der Waals surface area contributed by atoms with Crippen LogP contribution in [0.5, 0.6) is 0 Å². The predicted molar refractivity (Wildman–Crippen MR) is 59.0 cm³/mol. The van der Waals surface area contributed by atoms with Gasteiger partial charge in [0.1, 0.15) is 12.2 Å². The number of rotatable bonds is 9. The Morgan fingerprint density at radius 2 is 1.55 bits per heavy atom. The van der Waals surface area contributed by atoms with E-state index in [-0.39, 0.29) is 0 Å². The van der Waals surface area contributed by atoms with Gasteiger partial charge in [0, 0.05) is 0 Å². The highest BCUT2D eigenvalue weighted by Gasteiger charge is 2.39. The molecule has 0 amide bonds. The smallest absolute Gasteiger partial charge is 0.394 e. The molecule has 0 fully saturated rings. The van der Waals surface area contributed by atoms with Crippen molar-refractivity contribution in [3.05, 3.63) is 0 Å². The number of phosphoric ester groups is 1. The second-order valence-corrected chi connectivity index (χ2v) is 6.20. The molecule has 0 aliphatic carbocycles. The van der Waals surface area contributed by atoms with E-state index in [9.17, 15) is 19.0 Å². The Kier molecular flexibility index (Phi) is 7.60. The van der Waals surface area contributed by atoms with Crippen molar-refractivity contribution < 1.29 is 57.9 Å². The summed E-state index contributed by atoms with van der Waals surface area (Å²) in [5, 5.41) is 35.5. The molecule has 0 radical (unpaired) electrons. The second kappa shape index (κ2) is 7.69. The molecule has 7 N–H and O–H groups in total. The fourth-order valence-corrected chi connectivity index (χ4v) is 2.69. The molecule has 14 heteroatoms. The van der Waals surface area contributed by atoms with Crippen molar-refractivity contribution in [1.82, 2.24) is 0 Å². The Labute approximate surface area is 112 Å². The van der Waals surface area contributed by atoms with E-state index in [0.29, 0.717) is 0 Å². The molecule has 0 saturated carbocycles. The summed E-state index contributed by atoms with van der Waals surface area (Å²) in [4.78, 5) is 37.0. The van der Waals surface area contributed by atoms with Gasteiger partial charge in [-0.25, -0.2) is 9.13 Å². The third-order valence-corrected chi connectivity index (χ3v) is 3.99. The van der Waals surface area contributed by atoms with Crippen LogP contribution in [0.4, 0.5) is 0 Å². The maximum atomic E-state index is 11.4. The normalized spacial score (nSPS) is 19.9. The van der Waals surface area contributed by atoms with Gasteiger partial charge in [-0.05, 0) is 0 Å². The van der Waals surface area contributed by atoms with Crippen molar-refractivity contribution in [2.75, 3.05) is 13.2 Å². The van der Waals surface area contributed by atoms with E-state index in [2.05, 4.69) is 8.83 Å². The van der Waals surface area contributed by atoms with Crippen LogP contribution in [0.15, 0.2) is 0 Å². The van der Waals surface area contributed by atoms with E-state index in [1.807, 2.05) is 0 Å². The molecule has 0 aliphatic rings. The molecule has 12 nitrogen and oxygen atoms in total. The van der Waals surface area contributed by atoms with E-state index in [1.165, 1.54) is 0 Å². The van der Waals surface area contributed by atoms with Gasteiger partial charge in [0.05, 0.1) is 13.2 Å². The van der Waals surface area contributed by atoms with Crippen LogP contribution in [0, 0.1) is 0 Å². The van der Waals surface area contributed by atoms with Crippen molar-refractivity contribution in [3.63, 3.8) is 0 Å². The van der Waals surface area contributed by atoms with Gasteiger partial charge in [0.15, 0.2) is 11.9 Å².